The summed E-state index contributed by atoms with van der Waals surface area (Å²) >= 11 is 3.39. The van der Waals surface area contributed by atoms with Crippen molar-refractivity contribution in [1.29, 1.82) is 0 Å². The summed E-state index contributed by atoms with van der Waals surface area (Å²) < 4.78 is 28.7. The molecule has 1 amide bonds. The van der Waals surface area contributed by atoms with Crippen molar-refractivity contribution in [2.45, 2.75) is 18.2 Å². The molecule has 1 heterocycles. The molecule has 174 valence electrons. The first kappa shape index (κ1) is 24.7. The van der Waals surface area contributed by atoms with Crippen LogP contribution in [0.1, 0.15) is 12.0 Å². The highest BCUT2D eigenvalue weighted by Crippen LogP contribution is 2.26. The van der Waals surface area contributed by atoms with Gasteiger partial charge in [-0.15, -0.1) is 0 Å². The Labute approximate surface area is 199 Å². The third kappa shape index (κ3) is 6.78. The number of likely N-dealkylation sites (N-methyl/N-ethyl adjacent to an activating group) is 1. The number of halogens is 1. The van der Waals surface area contributed by atoms with Crippen LogP contribution in [-0.2, 0) is 14.8 Å². The van der Waals surface area contributed by atoms with Crippen molar-refractivity contribution in [3.05, 3.63) is 58.6 Å². The fraction of sp³-hybridized carbons (Fsp3) is 0.435. The number of amides is 1. The van der Waals surface area contributed by atoms with Crippen LogP contribution >= 0.6 is 15.9 Å². The average molecular weight is 523 g/mol. The third-order valence-corrected chi connectivity index (χ3v) is 7.84. The molecule has 0 saturated carbocycles. The van der Waals surface area contributed by atoms with Crippen molar-refractivity contribution in [3.8, 4) is 0 Å². The minimum absolute atomic E-state index is 0.158. The summed E-state index contributed by atoms with van der Waals surface area (Å²) in [6, 6.07) is 13.6. The van der Waals surface area contributed by atoms with Crippen LogP contribution in [0, 0.1) is 6.92 Å². The van der Waals surface area contributed by atoms with Gasteiger partial charge in [-0.05, 0) is 57.3 Å². The number of hydrogen-bond donors (Lipinski definition) is 1. The smallest absolute Gasteiger partial charge is 0.264 e. The van der Waals surface area contributed by atoms with Gasteiger partial charge in [0.2, 0.25) is 5.91 Å². The summed E-state index contributed by atoms with van der Waals surface area (Å²) in [5.74, 6) is -0.320. The minimum Gasteiger partial charge on any atom is -0.354 e. The van der Waals surface area contributed by atoms with Gasteiger partial charge >= 0.3 is 0 Å². The van der Waals surface area contributed by atoms with Crippen LogP contribution in [0.15, 0.2) is 57.9 Å². The summed E-state index contributed by atoms with van der Waals surface area (Å²) in [5.41, 5.74) is 1.41. The van der Waals surface area contributed by atoms with Crippen LogP contribution < -0.4 is 9.62 Å². The largest absolute Gasteiger partial charge is 0.354 e. The maximum absolute atomic E-state index is 13.4. The molecule has 1 saturated heterocycles. The molecule has 0 aliphatic carbocycles. The molecule has 32 heavy (non-hydrogen) atoms. The highest BCUT2D eigenvalue weighted by Gasteiger charge is 2.27. The zero-order chi connectivity index (χ0) is 23.1. The van der Waals surface area contributed by atoms with Gasteiger partial charge in [-0.1, -0.05) is 39.7 Å². The Hall–Kier alpha value is -1.94. The quantitative estimate of drug-likeness (QED) is 0.512. The maximum Gasteiger partial charge on any atom is 0.264 e. The lowest BCUT2D eigenvalue weighted by molar-refractivity contribution is -0.119. The minimum atomic E-state index is -3.90. The van der Waals surface area contributed by atoms with E-state index in [-0.39, 0.29) is 17.3 Å². The van der Waals surface area contributed by atoms with E-state index in [1.807, 2.05) is 13.0 Å². The van der Waals surface area contributed by atoms with Gasteiger partial charge in [-0.2, -0.15) is 0 Å². The molecule has 9 heteroatoms. The molecule has 1 N–H and O–H groups in total. The van der Waals surface area contributed by atoms with Gasteiger partial charge < -0.3 is 15.1 Å². The molecule has 1 aliphatic heterocycles. The molecule has 2 aromatic carbocycles. The van der Waals surface area contributed by atoms with E-state index < -0.39 is 10.0 Å². The predicted octanol–water partition coefficient (Wildman–Crippen LogP) is 2.71. The fourth-order valence-corrected chi connectivity index (χ4v) is 5.37. The van der Waals surface area contributed by atoms with Gasteiger partial charge in [0.1, 0.15) is 6.54 Å². The number of sulfonamides is 1. The third-order valence-electron chi connectivity index (χ3n) is 5.56. The van der Waals surface area contributed by atoms with Gasteiger partial charge in [0.05, 0.1) is 10.6 Å². The monoisotopic (exact) mass is 522 g/mol. The van der Waals surface area contributed by atoms with Crippen LogP contribution in [0.3, 0.4) is 0 Å². The lowest BCUT2D eigenvalue weighted by Gasteiger charge is -2.32. The fourth-order valence-electron chi connectivity index (χ4n) is 3.57. The number of nitrogens with one attached hydrogen (secondary N) is 1. The van der Waals surface area contributed by atoms with E-state index >= 15 is 0 Å². The second-order valence-electron chi connectivity index (χ2n) is 8.15. The summed E-state index contributed by atoms with van der Waals surface area (Å²) in [4.78, 5) is 17.5. The van der Waals surface area contributed by atoms with Crippen LogP contribution in [0.2, 0.25) is 0 Å². The number of carbonyl (C=O) groups is 1. The van der Waals surface area contributed by atoms with Crippen molar-refractivity contribution in [3.63, 3.8) is 0 Å². The van der Waals surface area contributed by atoms with E-state index in [0.717, 1.165) is 53.5 Å². The van der Waals surface area contributed by atoms with Crippen molar-refractivity contribution in [1.82, 2.24) is 15.1 Å². The van der Waals surface area contributed by atoms with Gasteiger partial charge in [0.15, 0.2) is 0 Å². The van der Waals surface area contributed by atoms with Gasteiger partial charge in [-0.3, -0.25) is 9.10 Å². The van der Waals surface area contributed by atoms with E-state index in [4.69, 9.17) is 0 Å². The Bertz CT molecular complexity index is 1010. The lowest BCUT2D eigenvalue weighted by Crippen LogP contribution is -2.45. The topological polar surface area (TPSA) is 73.0 Å². The highest BCUT2D eigenvalue weighted by atomic mass is 79.9. The molecule has 0 aromatic heterocycles. The molecule has 1 aliphatic rings. The first-order valence-electron chi connectivity index (χ1n) is 10.8. The molecular formula is C23H31BrN4O3S. The summed E-state index contributed by atoms with van der Waals surface area (Å²) in [6.45, 7) is 7.26. The number of piperazine rings is 1. The van der Waals surface area contributed by atoms with E-state index in [2.05, 4.69) is 38.1 Å². The van der Waals surface area contributed by atoms with Gasteiger partial charge in [0, 0.05) is 37.2 Å². The van der Waals surface area contributed by atoms with Crippen LogP contribution in [-0.4, -0.2) is 77.0 Å². The molecule has 0 unspecified atom stereocenters. The number of nitrogens with zero attached hydrogens (tertiary/aromatic N) is 3. The molecule has 0 bridgehead atoms. The zero-order valence-corrected chi connectivity index (χ0v) is 21.0. The SMILES string of the molecule is Cc1ccc(S(=O)(=O)N(CC(=O)NCCCN2CCN(C)CC2)c2cccc(Br)c2)cc1. The summed E-state index contributed by atoms with van der Waals surface area (Å²) in [5, 5.41) is 2.88. The van der Waals surface area contributed by atoms with Gasteiger partial charge in [-0.25, -0.2) is 8.42 Å². The molecule has 0 radical (unpaired) electrons. The zero-order valence-electron chi connectivity index (χ0n) is 18.6. The molecular weight excluding hydrogens is 492 g/mol. The lowest BCUT2D eigenvalue weighted by atomic mass is 10.2. The Kier molecular flexibility index (Phi) is 8.70. The van der Waals surface area contributed by atoms with Crippen molar-refractivity contribution in [2.24, 2.45) is 0 Å². The number of anilines is 1. The van der Waals surface area contributed by atoms with E-state index in [1.54, 1.807) is 42.5 Å². The number of aryl methyl sites for hydroxylation is 1. The Morgan fingerprint density at radius 2 is 1.78 bits per heavy atom. The number of carbonyl (C=O) groups excluding carboxylic acids is 1. The molecule has 7 nitrogen and oxygen atoms in total. The Balaban J connectivity index is 1.65. The first-order chi connectivity index (χ1) is 15.3. The Morgan fingerprint density at radius 3 is 2.44 bits per heavy atom. The van der Waals surface area contributed by atoms with Crippen LogP contribution in [0.4, 0.5) is 5.69 Å². The van der Waals surface area contributed by atoms with Crippen molar-refractivity contribution >= 4 is 37.5 Å². The normalized spacial score (nSPS) is 15.5. The van der Waals surface area contributed by atoms with E-state index in [0.29, 0.717) is 12.2 Å². The number of benzene rings is 2. The molecule has 3 rings (SSSR count). The first-order valence-corrected chi connectivity index (χ1v) is 13.0. The standard InChI is InChI=1S/C23H31BrN4O3S/c1-19-7-9-22(10-8-19)32(30,31)28(21-6-3-5-20(24)17-21)18-23(29)25-11-4-12-27-15-13-26(2)14-16-27/h3,5-10,17H,4,11-16,18H2,1-2H3,(H,25,29). The van der Waals surface area contributed by atoms with Crippen LogP contribution in [0.5, 0.6) is 0 Å². The van der Waals surface area contributed by atoms with Crippen molar-refractivity contribution < 1.29 is 13.2 Å². The van der Waals surface area contributed by atoms with Gasteiger partial charge in [0.25, 0.3) is 10.0 Å². The second-order valence-corrected chi connectivity index (χ2v) is 10.9. The summed E-state index contributed by atoms with van der Waals surface area (Å²) in [6.07, 6.45) is 0.830. The Morgan fingerprint density at radius 1 is 1.09 bits per heavy atom. The predicted molar refractivity (Wildman–Crippen MR) is 131 cm³/mol. The molecule has 2 aromatic rings. The average Bonchev–Trinajstić information content (AvgIpc) is 2.76. The van der Waals surface area contributed by atoms with E-state index in [1.165, 1.54) is 0 Å². The molecule has 0 spiro atoms. The van der Waals surface area contributed by atoms with E-state index in [9.17, 15) is 13.2 Å². The number of rotatable bonds is 9. The second kappa shape index (κ2) is 11.3. The molecule has 1 fully saturated rings. The number of hydrogen-bond acceptors (Lipinski definition) is 5. The van der Waals surface area contributed by atoms with Crippen molar-refractivity contribution in [2.75, 3.05) is 57.2 Å². The summed E-state index contributed by atoms with van der Waals surface area (Å²) in [7, 11) is -1.77. The maximum atomic E-state index is 13.4. The highest BCUT2D eigenvalue weighted by molar-refractivity contribution is 9.10. The molecule has 0 atom stereocenters. The van der Waals surface area contributed by atoms with Crippen LogP contribution in [0.25, 0.3) is 0 Å².